The van der Waals surface area contributed by atoms with Crippen LogP contribution in [0.1, 0.15) is 38.3 Å². The zero-order valence-electron chi connectivity index (χ0n) is 23.0. The minimum atomic E-state index is -4.29. The summed E-state index contributed by atoms with van der Waals surface area (Å²) in [6.07, 6.45) is 0.690. The van der Waals surface area contributed by atoms with Gasteiger partial charge in [0.15, 0.2) is 0 Å². The zero-order chi connectivity index (χ0) is 30.5. The number of sulfonamides is 1. The van der Waals surface area contributed by atoms with Gasteiger partial charge in [-0.15, -0.1) is 0 Å². The number of rotatable bonds is 11. The lowest BCUT2D eigenvalue weighted by molar-refractivity contribution is -0.139. The molecule has 0 saturated heterocycles. The lowest BCUT2D eigenvalue weighted by atomic mass is 10.1. The number of aryl methyl sites for hydroxylation is 1. The molecule has 2 atom stereocenters. The van der Waals surface area contributed by atoms with Crippen molar-refractivity contribution in [1.29, 1.82) is 0 Å². The minimum absolute atomic E-state index is 0.0271. The molecule has 41 heavy (non-hydrogen) atoms. The molecule has 3 aromatic carbocycles. The van der Waals surface area contributed by atoms with E-state index in [2.05, 4.69) is 5.32 Å². The molecule has 0 radical (unpaired) electrons. The molecular weight excluding hydrogens is 628 g/mol. The van der Waals surface area contributed by atoms with E-state index in [1.54, 1.807) is 37.3 Å². The van der Waals surface area contributed by atoms with Gasteiger partial charge >= 0.3 is 0 Å². The standard InChI is InChI=1S/C29H31Cl4N3O4S/c1-5-19(3)34-29(38)20(4)35(16-21-8-12-24(31)26(33)14-21)28(37)17-36(27-15-22(30)9-13-25(27)32)41(39,40)23-10-6-18(2)7-11-23/h6-15,19-20H,5,16-17H2,1-4H3,(H,34,38)/t19-,20+/m1/s1. The van der Waals surface area contributed by atoms with Crippen LogP contribution in [-0.2, 0) is 26.2 Å². The number of carbonyl (C=O) groups is 2. The van der Waals surface area contributed by atoms with Crippen LogP contribution in [0.15, 0.2) is 65.6 Å². The molecule has 0 aliphatic carbocycles. The summed E-state index contributed by atoms with van der Waals surface area (Å²) in [4.78, 5) is 28.4. The van der Waals surface area contributed by atoms with Crippen LogP contribution >= 0.6 is 46.4 Å². The van der Waals surface area contributed by atoms with E-state index in [1.165, 1.54) is 35.2 Å². The first kappa shape index (κ1) is 33.0. The molecule has 0 unspecified atom stereocenters. The summed E-state index contributed by atoms with van der Waals surface area (Å²) >= 11 is 24.9. The predicted molar refractivity (Wildman–Crippen MR) is 167 cm³/mol. The van der Waals surface area contributed by atoms with Crippen molar-refractivity contribution in [3.8, 4) is 0 Å². The minimum Gasteiger partial charge on any atom is -0.352 e. The highest BCUT2D eigenvalue weighted by Gasteiger charge is 2.33. The van der Waals surface area contributed by atoms with Crippen molar-refractivity contribution in [1.82, 2.24) is 10.2 Å². The third kappa shape index (κ3) is 8.30. The Morgan fingerprint density at radius 2 is 1.51 bits per heavy atom. The van der Waals surface area contributed by atoms with Gasteiger partial charge in [0.25, 0.3) is 10.0 Å². The van der Waals surface area contributed by atoms with E-state index in [4.69, 9.17) is 46.4 Å². The molecule has 0 spiro atoms. The molecule has 3 rings (SSSR count). The first-order valence-corrected chi connectivity index (χ1v) is 15.8. The number of anilines is 1. The molecule has 0 saturated carbocycles. The summed E-state index contributed by atoms with van der Waals surface area (Å²) in [5.74, 6) is -1.03. The molecule has 3 aromatic rings. The van der Waals surface area contributed by atoms with Gasteiger partial charge in [0.1, 0.15) is 12.6 Å². The van der Waals surface area contributed by atoms with Crippen LogP contribution < -0.4 is 9.62 Å². The van der Waals surface area contributed by atoms with Gasteiger partial charge in [-0.05, 0) is 75.2 Å². The SMILES string of the molecule is CC[C@@H](C)NC(=O)[C@H](C)N(Cc1ccc(Cl)c(Cl)c1)C(=O)CN(c1cc(Cl)ccc1Cl)S(=O)(=O)c1ccc(C)cc1. The first-order chi connectivity index (χ1) is 19.2. The highest BCUT2D eigenvalue weighted by Crippen LogP contribution is 2.33. The Labute approximate surface area is 261 Å². The third-order valence-corrected chi connectivity index (χ3v) is 9.64. The molecule has 0 aromatic heterocycles. The molecule has 0 bridgehead atoms. The summed E-state index contributed by atoms with van der Waals surface area (Å²) in [7, 11) is -4.29. The highest BCUT2D eigenvalue weighted by atomic mass is 35.5. The number of amides is 2. The Kier molecular flexibility index (Phi) is 11.4. The zero-order valence-corrected chi connectivity index (χ0v) is 26.8. The van der Waals surface area contributed by atoms with Gasteiger partial charge in [-0.2, -0.15) is 0 Å². The fraction of sp³-hybridized carbons (Fsp3) is 0.310. The molecule has 220 valence electrons. The Balaban J connectivity index is 2.08. The molecule has 0 aliphatic rings. The van der Waals surface area contributed by atoms with E-state index in [-0.39, 0.29) is 44.1 Å². The van der Waals surface area contributed by atoms with E-state index in [0.717, 1.165) is 9.87 Å². The van der Waals surface area contributed by atoms with E-state index < -0.39 is 28.5 Å². The van der Waals surface area contributed by atoms with Crippen molar-refractivity contribution in [2.45, 2.75) is 57.6 Å². The van der Waals surface area contributed by atoms with Crippen molar-refractivity contribution in [3.63, 3.8) is 0 Å². The molecule has 0 aliphatic heterocycles. The van der Waals surface area contributed by atoms with E-state index in [9.17, 15) is 18.0 Å². The Morgan fingerprint density at radius 1 is 0.878 bits per heavy atom. The van der Waals surface area contributed by atoms with Gasteiger partial charge in [0.2, 0.25) is 11.8 Å². The average molecular weight is 659 g/mol. The maximum atomic E-state index is 14.0. The largest absolute Gasteiger partial charge is 0.352 e. The molecule has 0 heterocycles. The second-order valence-electron chi connectivity index (χ2n) is 9.68. The Bertz CT molecular complexity index is 1520. The maximum Gasteiger partial charge on any atom is 0.264 e. The van der Waals surface area contributed by atoms with E-state index >= 15 is 0 Å². The fourth-order valence-electron chi connectivity index (χ4n) is 3.91. The smallest absolute Gasteiger partial charge is 0.264 e. The van der Waals surface area contributed by atoms with Gasteiger partial charge in [0, 0.05) is 17.6 Å². The monoisotopic (exact) mass is 657 g/mol. The van der Waals surface area contributed by atoms with Crippen molar-refractivity contribution in [2.75, 3.05) is 10.8 Å². The second-order valence-corrected chi connectivity index (χ2v) is 13.2. The molecule has 1 N–H and O–H groups in total. The summed E-state index contributed by atoms with van der Waals surface area (Å²) in [6, 6.07) is 14.4. The summed E-state index contributed by atoms with van der Waals surface area (Å²) in [6.45, 7) is 6.51. The lowest BCUT2D eigenvalue weighted by Gasteiger charge is -2.32. The van der Waals surface area contributed by atoms with Crippen LogP contribution in [0.25, 0.3) is 0 Å². The number of nitrogens with one attached hydrogen (secondary N) is 1. The van der Waals surface area contributed by atoms with Crippen molar-refractivity contribution < 1.29 is 18.0 Å². The Hall–Kier alpha value is -2.49. The number of carbonyl (C=O) groups excluding carboxylic acids is 2. The van der Waals surface area contributed by atoms with Gasteiger partial charge < -0.3 is 10.2 Å². The van der Waals surface area contributed by atoms with Gasteiger partial charge in [-0.1, -0.05) is 77.1 Å². The molecule has 7 nitrogen and oxygen atoms in total. The van der Waals surface area contributed by atoms with Gasteiger partial charge in [0.05, 0.1) is 25.7 Å². The fourth-order valence-corrected chi connectivity index (χ4v) is 6.09. The topological polar surface area (TPSA) is 86.8 Å². The van der Waals surface area contributed by atoms with Crippen molar-refractivity contribution in [3.05, 3.63) is 91.9 Å². The van der Waals surface area contributed by atoms with Gasteiger partial charge in [-0.3, -0.25) is 13.9 Å². The molecule has 2 amide bonds. The van der Waals surface area contributed by atoms with Crippen LogP contribution in [0.3, 0.4) is 0 Å². The second kappa shape index (κ2) is 14.1. The summed E-state index contributed by atoms with van der Waals surface area (Å²) in [5, 5.41) is 3.81. The maximum absolute atomic E-state index is 14.0. The van der Waals surface area contributed by atoms with Crippen LogP contribution in [-0.4, -0.2) is 43.8 Å². The normalized spacial score (nSPS) is 12.9. The highest BCUT2D eigenvalue weighted by molar-refractivity contribution is 7.92. The van der Waals surface area contributed by atoms with Crippen LogP contribution in [0, 0.1) is 6.92 Å². The molecule has 0 fully saturated rings. The predicted octanol–water partition coefficient (Wildman–Crippen LogP) is 7.14. The van der Waals surface area contributed by atoms with E-state index in [1.807, 2.05) is 20.8 Å². The van der Waals surface area contributed by atoms with Crippen LogP contribution in [0.5, 0.6) is 0 Å². The van der Waals surface area contributed by atoms with E-state index in [0.29, 0.717) is 17.0 Å². The average Bonchev–Trinajstić information content (AvgIpc) is 2.93. The quantitative estimate of drug-likeness (QED) is 0.237. The first-order valence-electron chi connectivity index (χ1n) is 12.8. The van der Waals surface area contributed by atoms with Crippen LogP contribution in [0.4, 0.5) is 5.69 Å². The number of halogens is 4. The number of benzene rings is 3. The molecular formula is C29H31Cl4N3O4S. The number of hydrogen-bond donors (Lipinski definition) is 1. The van der Waals surface area contributed by atoms with Crippen LogP contribution in [0.2, 0.25) is 20.1 Å². The number of nitrogens with zero attached hydrogens (tertiary/aromatic N) is 2. The lowest BCUT2D eigenvalue weighted by Crippen LogP contribution is -2.52. The van der Waals surface area contributed by atoms with Crippen molar-refractivity contribution >= 4 is 73.9 Å². The Morgan fingerprint density at radius 3 is 2.12 bits per heavy atom. The summed E-state index contributed by atoms with van der Waals surface area (Å²) < 4.78 is 28.8. The van der Waals surface area contributed by atoms with Gasteiger partial charge in [-0.25, -0.2) is 8.42 Å². The van der Waals surface area contributed by atoms with Crippen molar-refractivity contribution in [2.24, 2.45) is 0 Å². The third-order valence-electron chi connectivity index (χ3n) is 6.57. The molecule has 12 heteroatoms. The number of hydrogen-bond acceptors (Lipinski definition) is 4. The summed E-state index contributed by atoms with van der Waals surface area (Å²) in [5.41, 5.74) is 1.49.